The summed E-state index contributed by atoms with van der Waals surface area (Å²) in [7, 11) is 1.89. The summed E-state index contributed by atoms with van der Waals surface area (Å²) in [5, 5.41) is 16.3. The van der Waals surface area contributed by atoms with Gasteiger partial charge in [-0.2, -0.15) is 10.4 Å². The molecule has 0 saturated carbocycles. The van der Waals surface area contributed by atoms with Crippen molar-refractivity contribution in [3.8, 4) is 6.07 Å². The Bertz CT molecular complexity index is 640. The van der Waals surface area contributed by atoms with Crippen LogP contribution >= 0.6 is 0 Å². The Kier molecular flexibility index (Phi) is 4.49. The second-order valence-corrected chi connectivity index (χ2v) is 4.65. The van der Waals surface area contributed by atoms with E-state index in [-0.39, 0.29) is 5.82 Å². The van der Waals surface area contributed by atoms with Crippen LogP contribution in [0.15, 0.2) is 24.4 Å². The molecule has 0 fully saturated rings. The smallest absolute Gasteiger partial charge is 0.129 e. The first-order valence-corrected chi connectivity index (χ1v) is 6.54. The predicted molar refractivity (Wildman–Crippen MR) is 74.2 cm³/mol. The molecule has 0 amide bonds. The zero-order valence-corrected chi connectivity index (χ0v) is 11.7. The number of nitrogens with one attached hydrogen (secondary N) is 1. The Morgan fingerprint density at radius 3 is 2.75 bits per heavy atom. The van der Waals surface area contributed by atoms with Crippen molar-refractivity contribution in [1.82, 2.24) is 15.1 Å². The molecule has 5 heteroatoms. The van der Waals surface area contributed by atoms with Crippen LogP contribution in [-0.4, -0.2) is 9.78 Å². The van der Waals surface area contributed by atoms with Gasteiger partial charge in [0.25, 0.3) is 0 Å². The van der Waals surface area contributed by atoms with Crippen molar-refractivity contribution in [3.63, 3.8) is 0 Å². The minimum Gasteiger partial charge on any atom is -0.308 e. The molecule has 1 aromatic heterocycles. The maximum atomic E-state index is 13.7. The normalized spacial score (nSPS) is 10.5. The lowest BCUT2D eigenvalue weighted by molar-refractivity contribution is 0.587. The zero-order valence-electron chi connectivity index (χ0n) is 11.7. The van der Waals surface area contributed by atoms with Gasteiger partial charge in [-0.15, -0.1) is 0 Å². The van der Waals surface area contributed by atoms with E-state index < -0.39 is 0 Å². The Balaban J connectivity index is 1.98. The summed E-state index contributed by atoms with van der Waals surface area (Å²) >= 11 is 0. The molecular weight excluding hydrogens is 255 g/mol. The lowest BCUT2D eigenvalue weighted by Crippen LogP contribution is -2.14. The van der Waals surface area contributed by atoms with Crippen LogP contribution in [0, 0.1) is 17.1 Å². The fourth-order valence-corrected chi connectivity index (χ4v) is 2.12. The third kappa shape index (κ3) is 3.22. The molecule has 0 bridgehead atoms. The third-order valence-electron chi connectivity index (χ3n) is 3.14. The van der Waals surface area contributed by atoms with Gasteiger partial charge >= 0.3 is 0 Å². The number of aryl methyl sites for hydroxylation is 2. The number of rotatable bonds is 5. The van der Waals surface area contributed by atoms with Crippen molar-refractivity contribution >= 4 is 0 Å². The summed E-state index contributed by atoms with van der Waals surface area (Å²) in [5.41, 5.74) is 3.09. The Labute approximate surface area is 117 Å². The number of halogens is 1. The molecule has 0 aliphatic rings. The van der Waals surface area contributed by atoms with E-state index in [0.29, 0.717) is 24.2 Å². The molecule has 4 nitrogen and oxygen atoms in total. The molecule has 2 aromatic rings. The van der Waals surface area contributed by atoms with Gasteiger partial charge in [0.15, 0.2) is 0 Å². The van der Waals surface area contributed by atoms with E-state index in [1.165, 1.54) is 6.07 Å². The van der Waals surface area contributed by atoms with E-state index in [2.05, 4.69) is 17.3 Å². The molecule has 0 aliphatic carbocycles. The van der Waals surface area contributed by atoms with Crippen molar-refractivity contribution in [1.29, 1.82) is 5.26 Å². The second-order valence-electron chi connectivity index (χ2n) is 4.65. The van der Waals surface area contributed by atoms with Gasteiger partial charge in [-0.05, 0) is 18.6 Å². The highest BCUT2D eigenvalue weighted by Crippen LogP contribution is 2.11. The van der Waals surface area contributed by atoms with Crippen LogP contribution in [0.1, 0.15) is 29.3 Å². The first-order valence-electron chi connectivity index (χ1n) is 6.54. The lowest BCUT2D eigenvalue weighted by atomic mass is 10.1. The van der Waals surface area contributed by atoms with Crippen LogP contribution in [0.5, 0.6) is 0 Å². The number of hydrogen-bond donors (Lipinski definition) is 1. The third-order valence-corrected chi connectivity index (χ3v) is 3.14. The van der Waals surface area contributed by atoms with Gasteiger partial charge in [0.05, 0.1) is 17.3 Å². The van der Waals surface area contributed by atoms with E-state index >= 15 is 0 Å². The Hall–Kier alpha value is -2.19. The molecule has 0 unspecified atom stereocenters. The average molecular weight is 272 g/mol. The maximum Gasteiger partial charge on any atom is 0.129 e. The van der Waals surface area contributed by atoms with Crippen molar-refractivity contribution in [2.24, 2.45) is 7.05 Å². The van der Waals surface area contributed by atoms with Crippen LogP contribution in [0.25, 0.3) is 0 Å². The van der Waals surface area contributed by atoms with Crippen LogP contribution in [0.4, 0.5) is 4.39 Å². The Morgan fingerprint density at radius 1 is 1.35 bits per heavy atom. The van der Waals surface area contributed by atoms with E-state index in [9.17, 15) is 4.39 Å². The molecule has 1 heterocycles. The van der Waals surface area contributed by atoms with Gasteiger partial charge < -0.3 is 5.32 Å². The maximum absolute atomic E-state index is 13.7. The van der Waals surface area contributed by atoms with Gasteiger partial charge in [-0.1, -0.05) is 13.0 Å². The first-order chi connectivity index (χ1) is 9.63. The fourth-order valence-electron chi connectivity index (χ4n) is 2.12. The molecular formula is C15H17FN4. The molecule has 20 heavy (non-hydrogen) atoms. The highest BCUT2D eigenvalue weighted by molar-refractivity contribution is 5.32. The van der Waals surface area contributed by atoms with Crippen LogP contribution in [-0.2, 0) is 26.6 Å². The van der Waals surface area contributed by atoms with Crippen LogP contribution in [0.2, 0.25) is 0 Å². The summed E-state index contributed by atoms with van der Waals surface area (Å²) < 4.78 is 15.5. The molecule has 0 radical (unpaired) electrons. The van der Waals surface area contributed by atoms with Crippen molar-refractivity contribution < 1.29 is 4.39 Å². The van der Waals surface area contributed by atoms with Gasteiger partial charge in [0, 0.05) is 37.5 Å². The van der Waals surface area contributed by atoms with E-state index in [1.807, 2.05) is 19.3 Å². The van der Waals surface area contributed by atoms with E-state index in [1.54, 1.807) is 16.8 Å². The highest BCUT2D eigenvalue weighted by Gasteiger charge is 2.07. The van der Waals surface area contributed by atoms with Crippen molar-refractivity contribution in [3.05, 3.63) is 52.6 Å². The summed E-state index contributed by atoms with van der Waals surface area (Å²) in [5.74, 6) is -0.349. The SMILES string of the molecule is CCc1nn(C)cc1CNCc1ccc(C#N)cc1F. The molecule has 1 N–H and O–H groups in total. The number of hydrogen-bond acceptors (Lipinski definition) is 3. The van der Waals surface area contributed by atoms with Gasteiger partial charge in [0.1, 0.15) is 5.82 Å². The topological polar surface area (TPSA) is 53.6 Å². The summed E-state index contributed by atoms with van der Waals surface area (Å²) in [4.78, 5) is 0. The standard InChI is InChI=1S/C15H17FN4/c1-3-15-13(10-20(2)19-15)9-18-8-12-5-4-11(7-17)6-14(12)16/h4-6,10,18H,3,8-9H2,1-2H3. The van der Waals surface area contributed by atoms with Crippen LogP contribution < -0.4 is 5.32 Å². The molecule has 2 rings (SSSR count). The Morgan fingerprint density at radius 2 is 2.10 bits per heavy atom. The number of benzene rings is 1. The zero-order chi connectivity index (χ0) is 14.5. The number of aromatic nitrogens is 2. The van der Waals surface area contributed by atoms with E-state index in [0.717, 1.165) is 17.7 Å². The second kappa shape index (κ2) is 6.31. The summed E-state index contributed by atoms with van der Waals surface area (Å²) in [6.45, 7) is 3.14. The average Bonchev–Trinajstić information content (AvgIpc) is 2.80. The van der Waals surface area contributed by atoms with Crippen LogP contribution in [0.3, 0.4) is 0 Å². The monoisotopic (exact) mass is 272 g/mol. The van der Waals surface area contributed by atoms with Crippen molar-refractivity contribution in [2.45, 2.75) is 26.4 Å². The number of nitrogens with zero attached hydrogens (tertiary/aromatic N) is 3. The minimum absolute atomic E-state index is 0.340. The largest absolute Gasteiger partial charge is 0.308 e. The lowest BCUT2D eigenvalue weighted by Gasteiger charge is -2.06. The molecule has 0 atom stereocenters. The fraction of sp³-hybridized carbons (Fsp3) is 0.333. The highest BCUT2D eigenvalue weighted by atomic mass is 19.1. The first kappa shape index (κ1) is 14.2. The quantitative estimate of drug-likeness (QED) is 0.908. The molecule has 0 aliphatic heterocycles. The summed E-state index contributed by atoms with van der Waals surface area (Å²) in [6, 6.07) is 6.46. The number of nitriles is 1. The summed E-state index contributed by atoms with van der Waals surface area (Å²) in [6.07, 6.45) is 2.85. The molecule has 0 saturated heterocycles. The minimum atomic E-state index is -0.349. The molecule has 104 valence electrons. The van der Waals surface area contributed by atoms with E-state index in [4.69, 9.17) is 5.26 Å². The van der Waals surface area contributed by atoms with Gasteiger partial charge in [-0.3, -0.25) is 4.68 Å². The van der Waals surface area contributed by atoms with Crippen molar-refractivity contribution in [2.75, 3.05) is 0 Å². The van der Waals surface area contributed by atoms with Gasteiger partial charge in [-0.25, -0.2) is 4.39 Å². The predicted octanol–water partition coefficient (Wildman–Crippen LogP) is 2.28. The van der Waals surface area contributed by atoms with Gasteiger partial charge in [0.2, 0.25) is 0 Å². The molecule has 0 spiro atoms. The molecule has 1 aromatic carbocycles.